The molecule has 0 radical (unpaired) electrons. The normalized spacial score (nSPS) is 12.6. The van der Waals surface area contributed by atoms with Gasteiger partial charge in [0.05, 0.1) is 12.8 Å². The molecule has 0 aliphatic rings. The van der Waals surface area contributed by atoms with Gasteiger partial charge in [-0.1, -0.05) is 13.8 Å². The Labute approximate surface area is 111 Å². The van der Waals surface area contributed by atoms with Gasteiger partial charge in [-0.05, 0) is 39.8 Å². The van der Waals surface area contributed by atoms with Gasteiger partial charge in [0.15, 0.2) is 0 Å². The van der Waals surface area contributed by atoms with Crippen LogP contribution in [0.4, 0.5) is 0 Å². The Balaban J connectivity index is 2.43. The Morgan fingerprint density at radius 1 is 1.17 bits per heavy atom. The molecule has 0 aliphatic heterocycles. The van der Waals surface area contributed by atoms with Crippen molar-refractivity contribution in [1.29, 1.82) is 0 Å². The molecule has 0 unspecified atom stereocenters. The van der Waals surface area contributed by atoms with Crippen LogP contribution in [0, 0.1) is 12.3 Å². The lowest BCUT2D eigenvalue weighted by atomic mass is 9.93. The summed E-state index contributed by atoms with van der Waals surface area (Å²) in [5.41, 5.74) is 1.25. The second kappa shape index (κ2) is 5.70. The van der Waals surface area contributed by atoms with Crippen molar-refractivity contribution < 1.29 is 4.74 Å². The van der Waals surface area contributed by atoms with Crippen LogP contribution in [0.5, 0.6) is 5.75 Å². The fraction of sp³-hybridized carbons (Fsp3) is 0.667. The predicted octanol–water partition coefficient (Wildman–Crippen LogP) is 3.18. The molecule has 1 aromatic heterocycles. The van der Waals surface area contributed by atoms with Gasteiger partial charge in [0.25, 0.3) is 0 Å². The average Bonchev–Trinajstić information content (AvgIpc) is 2.25. The molecular formula is C15H26N2O. The fourth-order valence-corrected chi connectivity index (χ4v) is 1.37. The third-order valence-corrected chi connectivity index (χ3v) is 2.61. The lowest BCUT2D eigenvalue weighted by Crippen LogP contribution is -2.43. The summed E-state index contributed by atoms with van der Waals surface area (Å²) in [7, 11) is 0. The Kier molecular flexibility index (Phi) is 4.74. The highest BCUT2D eigenvalue weighted by molar-refractivity contribution is 5.19. The Morgan fingerprint density at radius 3 is 2.33 bits per heavy atom. The lowest BCUT2D eigenvalue weighted by Gasteiger charge is -2.30. The molecule has 0 amide bonds. The number of hydrogen-bond donors (Lipinski definition) is 1. The molecule has 0 aromatic carbocycles. The van der Waals surface area contributed by atoms with Crippen LogP contribution in [0.3, 0.4) is 0 Å². The van der Waals surface area contributed by atoms with E-state index in [2.05, 4.69) is 44.9 Å². The van der Waals surface area contributed by atoms with E-state index in [1.54, 1.807) is 6.20 Å². The zero-order valence-corrected chi connectivity index (χ0v) is 12.5. The van der Waals surface area contributed by atoms with Gasteiger partial charge in [0, 0.05) is 23.2 Å². The van der Waals surface area contributed by atoms with Crippen molar-refractivity contribution in [2.45, 2.75) is 47.1 Å². The van der Waals surface area contributed by atoms with E-state index in [0.29, 0.717) is 6.61 Å². The monoisotopic (exact) mass is 250 g/mol. The second-order valence-corrected chi connectivity index (χ2v) is 6.69. The maximum atomic E-state index is 5.79. The van der Waals surface area contributed by atoms with Gasteiger partial charge in [0.1, 0.15) is 5.75 Å². The third-order valence-electron chi connectivity index (χ3n) is 2.61. The Hall–Kier alpha value is -1.09. The minimum Gasteiger partial charge on any atom is -0.491 e. The molecule has 0 spiro atoms. The number of ether oxygens (including phenoxy) is 1. The first-order valence-corrected chi connectivity index (χ1v) is 6.48. The second-order valence-electron chi connectivity index (χ2n) is 6.69. The standard InChI is InChI=1S/C15H26N2O/c1-12-7-8-13(9-16-12)18-11-15(5,6)10-17-14(2,3)4/h7-9,17H,10-11H2,1-6H3. The van der Waals surface area contributed by atoms with E-state index in [1.807, 2.05) is 19.1 Å². The number of nitrogens with one attached hydrogen (secondary N) is 1. The largest absolute Gasteiger partial charge is 0.491 e. The highest BCUT2D eigenvalue weighted by atomic mass is 16.5. The van der Waals surface area contributed by atoms with Crippen molar-refractivity contribution in [3.05, 3.63) is 24.0 Å². The third kappa shape index (κ3) is 6.01. The average molecular weight is 250 g/mol. The maximum Gasteiger partial charge on any atom is 0.137 e. The summed E-state index contributed by atoms with van der Waals surface area (Å²) >= 11 is 0. The molecule has 0 bridgehead atoms. The van der Waals surface area contributed by atoms with Crippen molar-refractivity contribution in [3.8, 4) is 5.75 Å². The smallest absolute Gasteiger partial charge is 0.137 e. The predicted molar refractivity (Wildman–Crippen MR) is 76.0 cm³/mol. The SMILES string of the molecule is Cc1ccc(OCC(C)(C)CNC(C)(C)C)cn1. The summed E-state index contributed by atoms with van der Waals surface area (Å²) in [6.07, 6.45) is 1.78. The van der Waals surface area contributed by atoms with Crippen molar-refractivity contribution in [2.75, 3.05) is 13.2 Å². The van der Waals surface area contributed by atoms with Crippen LogP contribution in [0.2, 0.25) is 0 Å². The molecule has 102 valence electrons. The van der Waals surface area contributed by atoms with E-state index in [9.17, 15) is 0 Å². The highest BCUT2D eigenvalue weighted by Crippen LogP contribution is 2.18. The van der Waals surface area contributed by atoms with Crippen molar-refractivity contribution in [3.63, 3.8) is 0 Å². The first-order chi connectivity index (χ1) is 8.18. The highest BCUT2D eigenvalue weighted by Gasteiger charge is 2.21. The molecule has 3 heteroatoms. The molecule has 1 aromatic rings. The van der Waals surface area contributed by atoms with Crippen LogP contribution in [-0.2, 0) is 0 Å². The van der Waals surface area contributed by atoms with E-state index < -0.39 is 0 Å². The zero-order valence-electron chi connectivity index (χ0n) is 12.5. The number of nitrogens with zero attached hydrogens (tertiary/aromatic N) is 1. The van der Waals surface area contributed by atoms with E-state index in [4.69, 9.17) is 4.74 Å². The van der Waals surface area contributed by atoms with Gasteiger partial charge >= 0.3 is 0 Å². The fourth-order valence-electron chi connectivity index (χ4n) is 1.37. The van der Waals surface area contributed by atoms with Crippen LogP contribution < -0.4 is 10.1 Å². The van der Waals surface area contributed by atoms with Crippen LogP contribution in [0.15, 0.2) is 18.3 Å². The number of hydrogen-bond acceptors (Lipinski definition) is 3. The lowest BCUT2D eigenvalue weighted by molar-refractivity contribution is 0.165. The van der Waals surface area contributed by atoms with Gasteiger partial charge in [-0.25, -0.2) is 0 Å². The topological polar surface area (TPSA) is 34.1 Å². The summed E-state index contributed by atoms with van der Waals surface area (Å²) in [5.74, 6) is 0.837. The first kappa shape index (κ1) is 15.0. The minimum atomic E-state index is 0.0954. The van der Waals surface area contributed by atoms with Gasteiger partial charge in [-0.3, -0.25) is 4.98 Å². The van der Waals surface area contributed by atoms with Crippen LogP contribution >= 0.6 is 0 Å². The summed E-state index contributed by atoms with van der Waals surface area (Å²) < 4.78 is 5.79. The molecule has 0 saturated carbocycles. The molecule has 0 fully saturated rings. The molecule has 0 saturated heterocycles. The summed E-state index contributed by atoms with van der Waals surface area (Å²) in [6, 6.07) is 3.94. The Morgan fingerprint density at radius 2 is 1.83 bits per heavy atom. The van der Waals surface area contributed by atoms with Gasteiger partial charge < -0.3 is 10.1 Å². The summed E-state index contributed by atoms with van der Waals surface area (Å²) in [4.78, 5) is 4.22. The zero-order chi connectivity index (χ0) is 13.8. The Bertz CT molecular complexity index is 363. The van der Waals surface area contributed by atoms with Crippen LogP contribution in [-0.4, -0.2) is 23.7 Å². The number of aryl methyl sites for hydroxylation is 1. The molecular weight excluding hydrogens is 224 g/mol. The molecule has 0 aliphatic carbocycles. The summed E-state index contributed by atoms with van der Waals surface area (Å²) in [6.45, 7) is 14.5. The number of aromatic nitrogens is 1. The van der Waals surface area contributed by atoms with E-state index in [0.717, 1.165) is 18.0 Å². The quantitative estimate of drug-likeness (QED) is 0.871. The minimum absolute atomic E-state index is 0.0954. The number of pyridine rings is 1. The molecule has 18 heavy (non-hydrogen) atoms. The van der Waals surface area contributed by atoms with E-state index in [1.165, 1.54) is 0 Å². The van der Waals surface area contributed by atoms with E-state index >= 15 is 0 Å². The van der Waals surface area contributed by atoms with Crippen LogP contribution in [0.1, 0.15) is 40.3 Å². The summed E-state index contributed by atoms with van der Waals surface area (Å²) in [5, 5.41) is 3.51. The van der Waals surface area contributed by atoms with Crippen LogP contribution in [0.25, 0.3) is 0 Å². The van der Waals surface area contributed by atoms with E-state index in [-0.39, 0.29) is 11.0 Å². The van der Waals surface area contributed by atoms with Gasteiger partial charge in [-0.15, -0.1) is 0 Å². The van der Waals surface area contributed by atoms with Crippen molar-refractivity contribution in [1.82, 2.24) is 10.3 Å². The number of rotatable bonds is 5. The molecule has 1 rings (SSSR count). The van der Waals surface area contributed by atoms with Crippen molar-refractivity contribution in [2.24, 2.45) is 5.41 Å². The molecule has 1 heterocycles. The van der Waals surface area contributed by atoms with Gasteiger partial charge in [0.2, 0.25) is 0 Å². The first-order valence-electron chi connectivity index (χ1n) is 6.48. The molecule has 0 atom stereocenters. The maximum absolute atomic E-state index is 5.79. The molecule has 1 N–H and O–H groups in total. The van der Waals surface area contributed by atoms with Gasteiger partial charge in [-0.2, -0.15) is 0 Å². The molecule has 3 nitrogen and oxygen atoms in total. The van der Waals surface area contributed by atoms with Crippen molar-refractivity contribution >= 4 is 0 Å².